The van der Waals surface area contributed by atoms with Crippen LogP contribution in [-0.4, -0.2) is 56.5 Å². The number of hydrogen-bond acceptors (Lipinski definition) is 5. The standard InChI is InChI=1S/C17H21BrClN3O3/c1-21-4-2-3-16(24)15(21)5-10(23)8-22-9-20-14-7-12(18)13(19)6-11(14)17(22)25/h6-7,9-10,15-16,23-24H,2-5,8H2,1H3/t10-,15+,16-/m0/s1. The number of piperidine rings is 1. The van der Waals surface area contributed by atoms with E-state index in [1.807, 2.05) is 7.05 Å². The summed E-state index contributed by atoms with van der Waals surface area (Å²) in [5.41, 5.74) is 0.311. The van der Waals surface area contributed by atoms with Gasteiger partial charge in [0.15, 0.2) is 0 Å². The molecule has 0 saturated carbocycles. The van der Waals surface area contributed by atoms with Gasteiger partial charge in [0.2, 0.25) is 0 Å². The van der Waals surface area contributed by atoms with E-state index in [1.54, 1.807) is 12.1 Å². The summed E-state index contributed by atoms with van der Waals surface area (Å²) in [6, 6.07) is 3.18. The average Bonchev–Trinajstić information content (AvgIpc) is 2.56. The van der Waals surface area contributed by atoms with E-state index < -0.39 is 12.2 Å². The molecule has 0 aliphatic carbocycles. The first-order chi connectivity index (χ1) is 11.9. The molecule has 2 N–H and O–H groups in total. The number of aliphatic hydroxyl groups is 2. The predicted octanol–water partition coefficient (Wildman–Crippen LogP) is 2.02. The molecule has 2 aromatic rings. The fourth-order valence-corrected chi connectivity index (χ4v) is 3.90. The highest BCUT2D eigenvalue weighted by Gasteiger charge is 2.29. The lowest BCUT2D eigenvalue weighted by molar-refractivity contribution is -0.00522. The maximum Gasteiger partial charge on any atom is 0.261 e. The van der Waals surface area contributed by atoms with Gasteiger partial charge in [-0.15, -0.1) is 0 Å². The predicted molar refractivity (Wildman–Crippen MR) is 101 cm³/mol. The lowest BCUT2D eigenvalue weighted by atomic mass is 9.94. The second-order valence-corrected chi connectivity index (χ2v) is 7.89. The molecular weight excluding hydrogens is 410 g/mol. The van der Waals surface area contributed by atoms with Crippen LogP contribution in [0.1, 0.15) is 19.3 Å². The molecule has 8 heteroatoms. The van der Waals surface area contributed by atoms with Crippen molar-refractivity contribution in [2.45, 2.75) is 44.1 Å². The normalized spacial score (nSPS) is 23.1. The Morgan fingerprint density at radius 1 is 1.48 bits per heavy atom. The number of benzene rings is 1. The van der Waals surface area contributed by atoms with Crippen LogP contribution in [0.25, 0.3) is 10.9 Å². The molecule has 1 aromatic heterocycles. The number of hydrogen-bond donors (Lipinski definition) is 2. The number of likely N-dealkylation sites (N-methyl/N-ethyl adjacent to an activating group) is 1. The summed E-state index contributed by atoms with van der Waals surface area (Å²) < 4.78 is 2.08. The van der Waals surface area contributed by atoms with Crippen LogP contribution in [0, 0.1) is 0 Å². The van der Waals surface area contributed by atoms with Crippen LogP contribution in [-0.2, 0) is 6.54 Å². The highest BCUT2D eigenvalue weighted by atomic mass is 79.9. The Hall–Kier alpha value is -0.990. The van der Waals surface area contributed by atoms with Crippen molar-refractivity contribution >= 4 is 38.4 Å². The highest BCUT2D eigenvalue weighted by Crippen LogP contribution is 2.25. The van der Waals surface area contributed by atoms with Crippen LogP contribution < -0.4 is 5.56 Å². The molecule has 0 bridgehead atoms. The van der Waals surface area contributed by atoms with Gasteiger partial charge in [0.05, 0.1) is 41.0 Å². The van der Waals surface area contributed by atoms with Gasteiger partial charge in [-0.2, -0.15) is 0 Å². The zero-order chi connectivity index (χ0) is 18.1. The lowest BCUT2D eigenvalue weighted by Crippen LogP contribution is -2.48. The summed E-state index contributed by atoms with van der Waals surface area (Å²) in [4.78, 5) is 19.0. The van der Waals surface area contributed by atoms with Gasteiger partial charge in [0.1, 0.15) is 0 Å². The molecular formula is C17H21BrClN3O3. The summed E-state index contributed by atoms with van der Waals surface area (Å²) in [5, 5.41) is 21.4. The van der Waals surface area contributed by atoms with Crippen molar-refractivity contribution in [3.63, 3.8) is 0 Å². The topological polar surface area (TPSA) is 78.6 Å². The number of rotatable bonds is 4. The van der Waals surface area contributed by atoms with E-state index >= 15 is 0 Å². The monoisotopic (exact) mass is 429 g/mol. The second-order valence-electron chi connectivity index (χ2n) is 6.63. The minimum atomic E-state index is -0.747. The highest BCUT2D eigenvalue weighted by molar-refractivity contribution is 9.10. The van der Waals surface area contributed by atoms with E-state index in [2.05, 4.69) is 25.8 Å². The van der Waals surface area contributed by atoms with Crippen molar-refractivity contribution in [3.8, 4) is 0 Å². The number of nitrogens with zero attached hydrogens (tertiary/aromatic N) is 3. The molecule has 3 atom stereocenters. The average molecular weight is 431 g/mol. The quantitative estimate of drug-likeness (QED) is 0.776. The first-order valence-electron chi connectivity index (χ1n) is 8.27. The molecule has 1 aliphatic heterocycles. The maximum absolute atomic E-state index is 12.6. The summed E-state index contributed by atoms with van der Waals surface area (Å²) in [6.45, 7) is 1.03. The first kappa shape index (κ1) is 18.8. The Balaban J connectivity index is 1.79. The Morgan fingerprint density at radius 2 is 2.24 bits per heavy atom. The summed E-state index contributed by atoms with van der Waals surface area (Å²) in [6.07, 6.45) is 2.35. The number of likely N-dealkylation sites (tertiary alicyclic amines) is 1. The number of halogens is 2. The smallest absolute Gasteiger partial charge is 0.261 e. The van der Waals surface area contributed by atoms with Gasteiger partial charge in [0, 0.05) is 10.5 Å². The third-order valence-electron chi connectivity index (χ3n) is 4.81. The number of aromatic nitrogens is 2. The summed E-state index contributed by atoms with van der Waals surface area (Å²) in [5.74, 6) is 0. The molecule has 1 aromatic carbocycles. The van der Waals surface area contributed by atoms with Gasteiger partial charge in [-0.3, -0.25) is 9.36 Å². The van der Waals surface area contributed by atoms with Crippen molar-refractivity contribution in [2.75, 3.05) is 13.6 Å². The SMILES string of the molecule is CN1CCC[C@H](O)[C@H]1C[C@H](O)Cn1cnc2cc(Br)c(Cl)cc2c1=O. The van der Waals surface area contributed by atoms with E-state index in [9.17, 15) is 15.0 Å². The molecule has 3 rings (SSSR count). The molecule has 0 unspecified atom stereocenters. The minimum absolute atomic E-state index is 0.0988. The van der Waals surface area contributed by atoms with E-state index in [1.165, 1.54) is 10.9 Å². The van der Waals surface area contributed by atoms with Gasteiger partial charge in [-0.25, -0.2) is 4.98 Å². The van der Waals surface area contributed by atoms with Crippen molar-refractivity contribution in [3.05, 3.63) is 38.3 Å². The van der Waals surface area contributed by atoms with Gasteiger partial charge in [0.25, 0.3) is 5.56 Å². The molecule has 25 heavy (non-hydrogen) atoms. The van der Waals surface area contributed by atoms with Crippen LogP contribution in [0.5, 0.6) is 0 Å². The van der Waals surface area contributed by atoms with Gasteiger partial charge < -0.3 is 15.1 Å². The number of aliphatic hydroxyl groups excluding tert-OH is 2. The molecule has 1 saturated heterocycles. The molecule has 2 heterocycles. The van der Waals surface area contributed by atoms with Crippen molar-refractivity contribution in [1.29, 1.82) is 0 Å². The Kier molecular flexibility index (Phi) is 5.80. The third kappa shape index (κ3) is 4.06. The third-order valence-corrected chi connectivity index (χ3v) is 6.01. The number of fused-ring (bicyclic) bond motifs is 1. The minimum Gasteiger partial charge on any atom is -0.391 e. The van der Waals surface area contributed by atoms with E-state index in [-0.39, 0.29) is 18.1 Å². The van der Waals surface area contributed by atoms with Crippen molar-refractivity contribution in [1.82, 2.24) is 14.5 Å². The molecule has 0 radical (unpaired) electrons. The van der Waals surface area contributed by atoms with E-state index in [4.69, 9.17) is 11.6 Å². The Morgan fingerprint density at radius 3 is 2.96 bits per heavy atom. The van der Waals surface area contributed by atoms with Crippen molar-refractivity contribution in [2.24, 2.45) is 0 Å². The van der Waals surface area contributed by atoms with E-state index in [0.29, 0.717) is 26.8 Å². The zero-order valence-corrected chi connectivity index (χ0v) is 16.2. The molecule has 136 valence electrons. The van der Waals surface area contributed by atoms with E-state index in [0.717, 1.165) is 19.4 Å². The largest absolute Gasteiger partial charge is 0.391 e. The fraction of sp³-hybridized carbons (Fsp3) is 0.529. The molecule has 0 amide bonds. The fourth-order valence-electron chi connectivity index (χ4n) is 3.40. The Labute approximate surface area is 159 Å². The van der Waals surface area contributed by atoms with Gasteiger partial charge in [-0.1, -0.05) is 11.6 Å². The van der Waals surface area contributed by atoms with Crippen LogP contribution >= 0.6 is 27.5 Å². The first-order valence-corrected chi connectivity index (χ1v) is 9.44. The second kappa shape index (κ2) is 7.72. The molecule has 1 fully saturated rings. The van der Waals surface area contributed by atoms with Crippen LogP contribution in [0.4, 0.5) is 0 Å². The van der Waals surface area contributed by atoms with Gasteiger partial charge >= 0.3 is 0 Å². The van der Waals surface area contributed by atoms with Gasteiger partial charge in [-0.05, 0) is 60.9 Å². The van der Waals surface area contributed by atoms with Crippen molar-refractivity contribution < 1.29 is 10.2 Å². The maximum atomic E-state index is 12.6. The molecule has 0 spiro atoms. The summed E-state index contributed by atoms with van der Waals surface area (Å²) in [7, 11) is 1.95. The van der Waals surface area contributed by atoms with Crippen LogP contribution in [0.2, 0.25) is 5.02 Å². The Bertz CT molecular complexity index is 819. The molecule has 6 nitrogen and oxygen atoms in total. The lowest BCUT2D eigenvalue weighted by Gasteiger charge is -2.37. The zero-order valence-electron chi connectivity index (χ0n) is 13.9. The van der Waals surface area contributed by atoms with Crippen LogP contribution in [0.15, 0.2) is 27.7 Å². The summed E-state index contributed by atoms with van der Waals surface area (Å²) >= 11 is 9.39. The van der Waals surface area contributed by atoms with Crippen LogP contribution in [0.3, 0.4) is 0 Å². The molecule has 1 aliphatic rings.